The van der Waals surface area contributed by atoms with Gasteiger partial charge in [0.1, 0.15) is 16.4 Å². The molecule has 2 rings (SSSR count). The quantitative estimate of drug-likeness (QED) is 0.339. The van der Waals surface area contributed by atoms with Crippen LogP contribution in [-0.2, 0) is 20.0 Å². The van der Waals surface area contributed by atoms with Gasteiger partial charge < -0.3 is 10.2 Å². The van der Waals surface area contributed by atoms with Gasteiger partial charge in [-0.25, -0.2) is 8.42 Å². The van der Waals surface area contributed by atoms with Gasteiger partial charge in [0.05, 0.1) is 4.90 Å². The van der Waals surface area contributed by atoms with Crippen molar-refractivity contribution >= 4 is 31.7 Å². The number of phenolic OH excluding ortho intramolecular Hbond substituents is 2. The van der Waals surface area contributed by atoms with Gasteiger partial charge in [0.15, 0.2) is 0 Å². The van der Waals surface area contributed by atoms with E-state index in [2.05, 4.69) is 0 Å². The maximum absolute atomic E-state index is 13.6. The SMILES string of the molecule is O=S(=O)(c1ccc(SC(F)(F)C(F)(F)S(=O)(=O)O)cc1)c1ccc(O)cc1O. The number of aromatic hydroxyl groups is 2. The van der Waals surface area contributed by atoms with Gasteiger partial charge in [-0.15, -0.1) is 0 Å². The van der Waals surface area contributed by atoms with Crippen LogP contribution in [0.4, 0.5) is 17.6 Å². The standard InChI is InChI=1S/C14H10F4O7S3/c15-13(16,14(17,18)28(23,24)25)26-9-2-4-10(5-3-9)27(21,22)12-6-1-8(19)7-11(12)20/h1-7,19-20H,(H,23,24,25). The molecule has 2 aromatic rings. The number of halogens is 4. The molecule has 0 radical (unpaired) electrons. The van der Waals surface area contributed by atoms with Crippen LogP contribution in [0.25, 0.3) is 0 Å². The van der Waals surface area contributed by atoms with Gasteiger partial charge in [-0.2, -0.15) is 26.0 Å². The van der Waals surface area contributed by atoms with E-state index in [0.717, 1.165) is 30.3 Å². The Labute approximate surface area is 160 Å². The second kappa shape index (κ2) is 7.09. The van der Waals surface area contributed by atoms with Crippen LogP contribution in [0.15, 0.2) is 57.2 Å². The number of alkyl halides is 4. The van der Waals surface area contributed by atoms with Crippen LogP contribution in [0, 0.1) is 0 Å². The molecule has 2 aromatic carbocycles. The second-order valence-corrected chi connectivity index (χ2v) is 9.81. The molecule has 0 bridgehead atoms. The largest absolute Gasteiger partial charge is 0.508 e. The van der Waals surface area contributed by atoms with Crippen molar-refractivity contribution in [3.63, 3.8) is 0 Å². The first-order chi connectivity index (χ1) is 12.6. The van der Waals surface area contributed by atoms with Crippen molar-refractivity contribution in [2.45, 2.75) is 25.2 Å². The minimum absolute atomic E-state index is 0.412. The van der Waals surface area contributed by atoms with E-state index in [0.29, 0.717) is 12.1 Å². The number of hydrogen-bond acceptors (Lipinski definition) is 7. The van der Waals surface area contributed by atoms with E-state index in [1.54, 1.807) is 0 Å². The van der Waals surface area contributed by atoms with E-state index in [1.165, 1.54) is 0 Å². The van der Waals surface area contributed by atoms with Crippen LogP contribution in [-0.4, -0.2) is 42.1 Å². The molecule has 154 valence electrons. The summed E-state index contributed by atoms with van der Waals surface area (Å²) in [7, 11) is -10.7. The minimum Gasteiger partial charge on any atom is -0.508 e. The number of rotatable bonds is 6. The number of thioether (sulfide) groups is 1. The molecule has 0 amide bonds. The lowest BCUT2D eigenvalue weighted by Crippen LogP contribution is -2.44. The first-order valence-electron chi connectivity index (χ1n) is 6.88. The fourth-order valence-corrected chi connectivity index (χ4v) is 4.66. The Kier molecular flexibility index (Phi) is 5.64. The second-order valence-electron chi connectivity index (χ2n) is 5.24. The summed E-state index contributed by atoms with van der Waals surface area (Å²) >= 11 is -0.900. The van der Waals surface area contributed by atoms with Crippen LogP contribution < -0.4 is 0 Å². The monoisotopic (exact) mass is 462 g/mol. The Morgan fingerprint density at radius 3 is 1.86 bits per heavy atom. The fraction of sp³-hybridized carbons (Fsp3) is 0.143. The molecular weight excluding hydrogens is 452 g/mol. The number of phenols is 2. The van der Waals surface area contributed by atoms with E-state index in [9.17, 15) is 44.6 Å². The third-order valence-corrected chi connectivity index (χ3v) is 7.15. The number of benzene rings is 2. The van der Waals surface area contributed by atoms with Crippen molar-refractivity contribution < 1.29 is 49.2 Å². The fourth-order valence-electron chi connectivity index (χ4n) is 1.90. The average molecular weight is 462 g/mol. The molecule has 14 heteroatoms. The molecule has 0 aliphatic rings. The summed E-state index contributed by atoms with van der Waals surface area (Å²) in [6, 6.07) is 5.59. The highest BCUT2D eigenvalue weighted by Gasteiger charge is 2.66. The normalized spacial score (nSPS) is 13.5. The summed E-state index contributed by atoms with van der Waals surface area (Å²) in [5.41, 5.74) is 0. The van der Waals surface area contributed by atoms with Crippen molar-refractivity contribution in [3.8, 4) is 11.5 Å². The van der Waals surface area contributed by atoms with Crippen LogP contribution in [0.2, 0.25) is 0 Å². The Balaban J connectivity index is 2.36. The van der Waals surface area contributed by atoms with Crippen molar-refractivity contribution in [3.05, 3.63) is 42.5 Å². The summed E-state index contributed by atoms with van der Waals surface area (Å²) in [6.07, 6.45) is 0. The third kappa shape index (κ3) is 4.04. The summed E-state index contributed by atoms with van der Waals surface area (Å²) < 4.78 is 108. The zero-order valence-electron chi connectivity index (χ0n) is 13.3. The molecule has 0 spiro atoms. The summed E-state index contributed by atoms with van der Waals surface area (Å²) in [5.74, 6) is -1.19. The van der Waals surface area contributed by atoms with E-state index in [1.807, 2.05) is 0 Å². The van der Waals surface area contributed by atoms with Gasteiger partial charge in [-0.05, 0) is 48.2 Å². The lowest BCUT2D eigenvalue weighted by atomic mass is 10.3. The Bertz CT molecular complexity index is 1100. The summed E-state index contributed by atoms with van der Waals surface area (Å²) in [6.45, 7) is 0. The summed E-state index contributed by atoms with van der Waals surface area (Å²) in [4.78, 5) is -1.72. The maximum Gasteiger partial charge on any atom is 0.442 e. The molecule has 0 heterocycles. The Hall–Kier alpha value is -2.03. The van der Waals surface area contributed by atoms with Crippen molar-refractivity contribution in [1.82, 2.24) is 0 Å². The highest BCUT2D eigenvalue weighted by atomic mass is 32.2. The van der Waals surface area contributed by atoms with E-state index in [4.69, 9.17) is 4.55 Å². The first kappa shape index (κ1) is 22.3. The van der Waals surface area contributed by atoms with E-state index < -0.39 is 68.4 Å². The predicted octanol–water partition coefficient (Wildman–Crippen LogP) is 3.10. The average Bonchev–Trinajstić information content (AvgIpc) is 2.53. The zero-order valence-corrected chi connectivity index (χ0v) is 15.7. The number of sulfone groups is 1. The molecule has 28 heavy (non-hydrogen) atoms. The van der Waals surface area contributed by atoms with Gasteiger partial charge >= 0.3 is 20.6 Å². The Morgan fingerprint density at radius 1 is 0.857 bits per heavy atom. The minimum atomic E-state index is -6.40. The molecule has 0 atom stereocenters. The smallest absolute Gasteiger partial charge is 0.442 e. The van der Waals surface area contributed by atoms with E-state index >= 15 is 0 Å². The molecule has 0 aromatic heterocycles. The van der Waals surface area contributed by atoms with Crippen molar-refractivity contribution in [2.24, 2.45) is 0 Å². The maximum atomic E-state index is 13.6. The molecule has 0 saturated heterocycles. The lowest BCUT2D eigenvalue weighted by Gasteiger charge is -2.22. The molecular formula is C14H10F4O7S3. The van der Waals surface area contributed by atoms with Crippen molar-refractivity contribution in [1.29, 1.82) is 0 Å². The van der Waals surface area contributed by atoms with Crippen LogP contribution in [0.5, 0.6) is 11.5 Å². The molecule has 0 aliphatic carbocycles. The van der Waals surface area contributed by atoms with Crippen LogP contribution in [0.3, 0.4) is 0 Å². The predicted molar refractivity (Wildman–Crippen MR) is 89.0 cm³/mol. The van der Waals surface area contributed by atoms with Gasteiger partial charge in [0.25, 0.3) is 0 Å². The third-order valence-electron chi connectivity index (χ3n) is 3.27. The highest BCUT2D eigenvalue weighted by molar-refractivity contribution is 8.01. The molecule has 0 unspecified atom stereocenters. The van der Waals surface area contributed by atoms with Gasteiger partial charge in [0, 0.05) is 11.0 Å². The van der Waals surface area contributed by atoms with Gasteiger partial charge in [0.2, 0.25) is 9.84 Å². The highest BCUT2D eigenvalue weighted by Crippen LogP contribution is 2.49. The zero-order chi connectivity index (χ0) is 21.5. The summed E-state index contributed by atoms with van der Waals surface area (Å²) in [5, 5.41) is 7.81. The van der Waals surface area contributed by atoms with Crippen LogP contribution in [0.1, 0.15) is 0 Å². The molecule has 7 nitrogen and oxygen atoms in total. The topological polar surface area (TPSA) is 129 Å². The lowest BCUT2D eigenvalue weighted by molar-refractivity contribution is -0.0946. The van der Waals surface area contributed by atoms with E-state index in [-0.39, 0.29) is 0 Å². The molecule has 0 aliphatic heterocycles. The molecule has 3 N–H and O–H groups in total. The van der Waals surface area contributed by atoms with Gasteiger partial charge in [-0.3, -0.25) is 4.55 Å². The van der Waals surface area contributed by atoms with Crippen molar-refractivity contribution in [2.75, 3.05) is 0 Å². The van der Waals surface area contributed by atoms with Crippen LogP contribution >= 0.6 is 11.8 Å². The molecule has 0 saturated carbocycles. The first-order valence-corrected chi connectivity index (χ1v) is 10.6. The van der Waals surface area contributed by atoms with Gasteiger partial charge in [-0.1, -0.05) is 0 Å². The number of hydrogen-bond donors (Lipinski definition) is 3. The Morgan fingerprint density at radius 2 is 1.39 bits per heavy atom. The molecule has 0 fully saturated rings.